The Morgan fingerprint density at radius 2 is 1.67 bits per heavy atom. The van der Waals surface area contributed by atoms with Gasteiger partial charge < -0.3 is 10.4 Å². The SMILES string of the molecule is Cc1ccc(C)c(NC(=O)CC/C(=N\NC(=O)C(=O)NN)[C@@H](C)C(=O)c2ccc(O)cc2)c1. The summed E-state index contributed by atoms with van der Waals surface area (Å²) in [5.41, 5.74) is 6.83. The molecule has 10 nitrogen and oxygen atoms in total. The number of nitrogens with two attached hydrogens (primary N) is 1. The molecule has 2 aromatic rings. The van der Waals surface area contributed by atoms with Crippen molar-refractivity contribution in [1.29, 1.82) is 0 Å². The standard InChI is InChI=1S/C23H27N5O5/c1-13-4-5-14(2)19(12-13)25-20(30)11-10-18(27-28-23(33)22(32)26-24)15(3)21(31)16-6-8-17(29)9-7-16/h4-9,12,15,29H,10-11,24H2,1-3H3,(H,25,30)(H,26,32)(H,28,33)/b27-18+/t15-/m1/s1. The van der Waals surface area contributed by atoms with E-state index in [2.05, 4.69) is 15.8 Å². The van der Waals surface area contributed by atoms with Gasteiger partial charge in [-0.1, -0.05) is 12.1 Å². The number of phenols is 1. The van der Waals surface area contributed by atoms with E-state index in [0.29, 0.717) is 11.3 Å². The molecule has 0 fully saturated rings. The summed E-state index contributed by atoms with van der Waals surface area (Å²) in [6.07, 6.45) is 0.0323. The molecule has 0 aliphatic carbocycles. The Hall–Kier alpha value is -4.05. The Labute approximate surface area is 191 Å². The first-order valence-electron chi connectivity index (χ1n) is 10.2. The molecule has 6 N–H and O–H groups in total. The number of hydrazone groups is 1. The molecular formula is C23H27N5O5. The van der Waals surface area contributed by atoms with Crippen molar-refractivity contribution in [2.24, 2.45) is 16.9 Å². The predicted octanol–water partition coefficient (Wildman–Crippen LogP) is 1.71. The monoisotopic (exact) mass is 453 g/mol. The number of phenolic OH excluding ortho intramolecular Hbond substituents is 1. The smallest absolute Gasteiger partial charge is 0.330 e. The zero-order valence-corrected chi connectivity index (χ0v) is 18.6. The first kappa shape index (κ1) is 25.2. The number of benzene rings is 2. The molecule has 0 radical (unpaired) electrons. The normalized spacial score (nSPS) is 11.9. The minimum Gasteiger partial charge on any atom is -0.508 e. The van der Waals surface area contributed by atoms with Crippen molar-refractivity contribution in [3.8, 4) is 5.75 Å². The van der Waals surface area contributed by atoms with E-state index in [0.717, 1.165) is 11.1 Å². The van der Waals surface area contributed by atoms with Gasteiger partial charge in [-0.3, -0.25) is 24.6 Å². The number of nitrogens with zero attached hydrogens (tertiary/aromatic N) is 1. The van der Waals surface area contributed by atoms with Crippen LogP contribution in [0, 0.1) is 19.8 Å². The van der Waals surface area contributed by atoms with Gasteiger partial charge in [-0.25, -0.2) is 11.3 Å². The molecule has 3 amide bonds. The van der Waals surface area contributed by atoms with Crippen LogP contribution in [-0.2, 0) is 14.4 Å². The Morgan fingerprint density at radius 3 is 2.30 bits per heavy atom. The summed E-state index contributed by atoms with van der Waals surface area (Å²) in [6.45, 7) is 5.36. The molecule has 2 rings (SSSR count). The fraction of sp³-hybridized carbons (Fsp3) is 0.261. The number of rotatable bonds is 8. The van der Waals surface area contributed by atoms with Gasteiger partial charge in [0.05, 0.1) is 5.92 Å². The molecule has 0 aliphatic heterocycles. The van der Waals surface area contributed by atoms with Gasteiger partial charge in [0.1, 0.15) is 5.75 Å². The van der Waals surface area contributed by atoms with Gasteiger partial charge in [-0.15, -0.1) is 0 Å². The fourth-order valence-corrected chi connectivity index (χ4v) is 2.96. The summed E-state index contributed by atoms with van der Waals surface area (Å²) in [5.74, 6) is 1.28. The van der Waals surface area contributed by atoms with Crippen LogP contribution in [-0.4, -0.2) is 34.3 Å². The Bertz CT molecular complexity index is 1080. The third kappa shape index (κ3) is 7.25. The first-order chi connectivity index (χ1) is 15.6. The van der Waals surface area contributed by atoms with Gasteiger partial charge in [0, 0.05) is 23.4 Å². The molecule has 0 spiro atoms. The third-order valence-corrected chi connectivity index (χ3v) is 4.96. The lowest BCUT2D eigenvalue weighted by Crippen LogP contribution is -2.42. The fourth-order valence-electron chi connectivity index (χ4n) is 2.96. The van der Waals surface area contributed by atoms with E-state index >= 15 is 0 Å². The van der Waals surface area contributed by atoms with E-state index in [1.54, 1.807) is 12.3 Å². The lowest BCUT2D eigenvalue weighted by Gasteiger charge is -2.15. The van der Waals surface area contributed by atoms with Crippen LogP contribution in [0.15, 0.2) is 47.6 Å². The summed E-state index contributed by atoms with van der Waals surface area (Å²) in [6, 6.07) is 11.4. The second-order valence-corrected chi connectivity index (χ2v) is 7.52. The predicted molar refractivity (Wildman–Crippen MR) is 123 cm³/mol. The van der Waals surface area contributed by atoms with Gasteiger partial charge >= 0.3 is 11.8 Å². The number of aryl methyl sites for hydroxylation is 2. The highest BCUT2D eigenvalue weighted by Gasteiger charge is 2.23. The molecule has 0 unspecified atom stereocenters. The van der Waals surface area contributed by atoms with Crippen molar-refractivity contribution in [1.82, 2.24) is 10.9 Å². The van der Waals surface area contributed by atoms with Gasteiger partial charge in [0.15, 0.2) is 5.78 Å². The number of hydrogen-bond acceptors (Lipinski definition) is 7. The zero-order chi connectivity index (χ0) is 24.5. The lowest BCUT2D eigenvalue weighted by molar-refractivity contribution is -0.139. The van der Waals surface area contributed by atoms with Crippen molar-refractivity contribution in [2.45, 2.75) is 33.6 Å². The third-order valence-electron chi connectivity index (χ3n) is 4.96. The number of nitrogens with one attached hydrogen (secondary N) is 3. The number of amides is 3. The van der Waals surface area contributed by atoms with E-state index < -0.39 is 17.7 Å². The number of anilines is 1. The number of carbonyl (C=O) groups excluding carboxylic acids is 4. The molecular weight excluding hydrogens is 426 g/mol. The summed E-state index contributed by atoms with van der Waals surface area (Å²) in [4.78, 5) is 48.5. The molecule has 0 aromatic heterocycles. The first-order valence-corrected chi connectivity index (χ1v) is 10.2. The van der Waals surface area contributed by atoms with Gasteiger partial charge in [0.25, 0.3) is 0 Å². The highest BCUT2D eigenvalue weighted by molar-refractivity contribution is 6.35. The highest BCUT2D eigenvalue weighted by atomic mass is 16.3. The van der Waals surface area contributed by atoms with Crippen LogP contribution in [0.25, 0.3) is 0 Å². The van der Waals surface area contributed by atoms with E-state index in [-0.39, 0.29) is 36.0 Å². The van der Waals surface area contributed by atoms with E-state index in [1.807, 2.05) is 32.0 Å². The molecule has 0 bridgehead atoms. The quantitative estimate of drug-likeness (QED) is 0.102. The van der Waals surface area contributed by atoms with E-state index in [1.165, 1.54) is 24.3 Å². The topological polar surface area (TPSA) is 163 Å². The molecule has 10 heteroatoms. The molecule has 0 saturated carbocycles. The number of ketones is 1. The number of aromatic hydroxyl groups is 1. The molecule has 2 aromatic carbocycles. The van der Waals surface area contributed by atoms with Crippen molar-refractivity contribution in [3.05, 3.63) is 59.2 Å². The minimum absolute atomic E-state index is 0.0104. The van der Waals surface area contributed by atoms with Crippen molar-refractivity contribution in [2.75, 3.05) is 5.32 Å². The molecule has 33 heavy (non-hydrogen) atoms. The van der Waals surface area contributed by atoms with Crippen LogP contribution >= 0.6 is 0 Å². The minimum atomic E-state index is -1.11. The maximum atomic E-state index is 12.9. The summed E-state index contributed by atoms with van der Waals surface area (Å²) >= 11 is 0. The molecule has 1 atom stereocenters. The lowest BCUT2D eigenvalue weighted by atomic mass is 9.92. The molecule has 0 heterocycles. The molecule has 0 aliphatic rings. The Kier molecular flexibility index (Phi) is 8.81. The van der Waals surface area contributed by atoms with Crippen LogP contribution in [0.2, 0.25) is 0 Å². The number of Topliss-reactive ketones (excluding diaryl/α,β-unsaturated/α-hetero) is 1. The van der Waals surface area contributed by atoms with Crippen LogP contribution in [0.3, 0.4) is 0 Å². The van der Waals surface area contributed by atoms with Gasteiger partial charge in [-0.2, -0.15) is 5.10 Å². The molecule has 174 valence electrons. The van der Waals surface area contributed by atoms with Gasteiger partial charge in [0.2, 0.25) is 5.91 Å². The summed E-state index contributed by atoms with van der Waals surface area (Å²) < 4.78 is 0. The summed E-state index contributed by atoms with van der Waals surface area (Å²) in [7, 11) is 0. The van der Waals surface area contributed by atoms with E-state index in [9.17, 15) is 24.3 Å². The van der Waals surface area contributed by atoms with Crippen LogP contribution in [0.1, 0.15) is 41.3 Å². The van der Waals surface area contributed by atoms with E-state index in [4.69, 9.17) is 5.84 Å². The molecule has 0 saturated heterocycles. The number of hydrogen-bond donors (Lipinski definition) is 5. The van der Waals surface area contributed by atoms with Gasteiger partial charge in [-0.05, 0) is 68.7 Å². The number of carbonyl (C=O) groups is 4. The maximum Gasteiger partial charge on any atom is 0.330 e. The highest BCUT2D eigenvalue weighted by Crippen LogP contribution is 2.19. The zero-order valence-electron chi connectivity index (χ0n) is 18.6. The van der Waals surface area contributed by atoms with Crippen LogP contribution in [0.5, 0.6) is 5.75 Å². The summed E-state index contributed by atoms with van der Waals surface area (Å²) in [5, 5.41) is 16.2. The Morgan fingerprint density at radius 1 is 1.00 bits per heavy atom. The number of hydrazine groups is 1. The van der Waals surface area contributed by atoms with Crippen LogP contribution < -0.4 is 22.0 Å². The van der Waals surface area contributed by atoms with Crippen LogP contribution in [0.4, 0.5) is 5.69 Å². The average Bonchev–Trinajstić information content (AvgIpc) is 2.80. The van der Waals surface area contributed by atoms with Crippen molar-refractivity contribution < 1.29 is 24.3 Å². The second-order valence-electron chi connectivity index (χ2n) is 7.52. The second kappa shape index (κ2) is 11.5. The van der Waals surface area contributed by atoms with Crippen molar-refractivity contribution >= 4 is 34.9 Å². The average molecular weight is 453 g/mol. The largest absolute Gasteiger partial charge is 0.508 e. The maximum absolute atomic E-state index is 12.9. The van der Waals surface area contributed by atoms with Crippen molar-refractivity contribution in [3.63, 3.8) is 0 Å². The Balaban J connectivity index is 2.17.